The van der Waals surface area contributed by atoms with Crippen molar-refractivity contribution in [1.82, 2.24) is 15.3 Å². The van der Waals surface area contributed by atoms with E-state index in [1.807, 2.05) is 24.3 Å². The zero-order valence-electron chi connectivity index (χ0n) is 20.1. The fourth-order valence-electron chi connectivity index (χ4n) is 4.96. The monoisotopic (exact) mass is 488 g/mol. The minimum atomic E-state index is -0.759. The second-order valence-corrected chi connectivity index (χ2v) is 9.02. The van der Waals surface area contributed by atoms with Crippen LogP contribution in [0.1, 0.15) is 29.5 Å². The van der Waals surface area contributed by atoms with Crippen LogP contribution >= 0.6 is 0 Å². The molecule has 0 unspecified atom stereocenters. The highest BCUT2D eigenvalue weighted by atomic mass is 19.1. The van der Waals surface area contributed by atoms with Gasteiger partial charge in [0.05, 0.1) is 25.7 Å². The van der Waals surface area contributed by atoms with Crippen LogP contribution < -0.4 is 14.8 Å². The third-order valence-electron chi connectivity index (χ3n) is 7.07. The highest BCUT2D eigenvalue weighted by Gasteiger charge is 2.34. The molecule has 0 aliphatic carbocycles. The van der Waals surface area contributed by atoms with E-state index in [0.29, 0.717) is 11.2 Å². The molecule has 5 rings (SSSR count). The maximum Gasteiger partial charge on any atom is 0.171 e. The van der Waals surface area contributed by atoms with Crippen molar-refractivity contribution in [2.45, 2.75) is 24.7 Å². The van der Waals surface area contributed by atoms with Crippen LogP contribution in [0.3, 0.4) is 0 Å². The lowest BCUT2D eigenvalue weighted by Crippen LogP contribution is -2.38. The molecule has 184 valence electrons. The van der Waals surface area contributed by atoms with E-state index in [2.05, 4.69) is 27.4 Å². The van der Waals surface area contributed by atoms with Gasteiger partial charge in [0.25, 0.3) is 0 Å². The van der Waals surface area contributed by atoms with Crippen LogP contribution in [0.25, 0.3) is 22.2 Å². The Kier molecular flexibility index (Phi) is 6.33. The molecule has 0 saturated carbocycles. The lowest BCUT2D eigenvalue weighted by atomic mass is 9.74. The molecule has 0 spiro atoms. The van der Waals surface area contributed by atoms with Crippen LogP contribution in [0, 0.1) is 23.0 Å². The summed E-state index contributed by atoms with van der Waals surface area (Å²) in [5.74, 6) is -1.68. The van der Waals surface area contributed by atoms with Gasteiger partial charge in [-0.15, -0.1) is 0 Å². The Hall–Kier alpha value is -3.96. The number of hydrogen-bond acceptors (Lipinski definition) is 5. The van der Waals surface area contributed by atoms with E-state index in [4.69, 9.17) is 9.47 Å². The van der Waals surface area contributed by atoms with Crippen LogP contribution in [0.5, 0.6) is 11.5 Å². The maximum atomic E-state index is 15.0. The Balaban J connectivity index is 1.55. The summed E-state index contributed by atoms with van der Waals surface area (Å²) >= 11 is 0. The second kappa shape index (κ2) is 9.59. The smallest absolute Gasteiger partial charge is 0.171 e. The van der Waals surface area contributed by atoms with Crippen molar-refractivity contribution in [2.24, 2.45) is 0 Å². The Morgan fingerprint density at radius 2 is 1.75 bits per heavy atom. The summed E-state index contributed by atoms with van der Waals surface area (Å²) < 4.78 is 40.2. The van der Waals surface area contributed by atoms with Crippen molar-refractivity contribution in [2.75, 3.05) is 27.3 Å². The summed E-state index contributed by atoms with van der Waals surface area (Å²) in [5.41, 5.74) is 3.44. The highest BCUT2D eigenvalue weighted by Crippen LogP contribution is 2.37. The molecule has 1 fully saturated rings. The first kappa shape index (κ1) is 23.8. The maximum absolute atomic E-state index is 15.0. The number of piperidine rings is 1. The molecule has 8 heteroatoms. The molecule has 2 aromatic carbocycles. The van der Waals surface area contributed by atoms with Crippen LogP contribution in [-0.2, 0) is 11.8 Å². The standard InChI is InChI=1S/C28H26F2N4O2/c1-35-23-13-24(36-2)26(30)22(25(23)29)12-19-15-34-27-21(19)11-18(14-33-27)17-4-3-5-20(10-17)28(16-31)6-8-32-9-7-28/h3-5,10-11,13-15,32H,6-9,12H2,1-2H3,(H,33,34). The zero-order chi connectivity index (χ0) is 25.3. The van der Waals surface area contributed by atoms with Gasteiger partial charge in [-0.2, -0.15) is 5.26 Å². The molecule has 2 N–H and O–H groups in total. The third kappa shape index (κ3) is 4.06. The molecule has 1 aliphatic rings. The Labute approximate surface area is 207 Å². The Morgan fingerprint density at radius 3 is 2.42 bits per heavy atom. The summed E-state index contributed by atoms with van der Waals surface area (Å²) in [6.45, 7) is 1.61. The molecule has 3 heterocycles. The highest BCUT2D eigenvalue weighted by molar-refractivity contribution is 5.85. The Bertz CT molecular complexity index is 1440. The molecule has 6 nitrogen and oxygen atoms in total. The summed E-state index contributed by atoms with van der Waals surface area (Å²) in [5, 5.41) is 14.1. The average Bonchev–Trinajstić information content (AvgIpc) is 3.33. The van der Waals surface area contributed by atoms with E-state index in [0.717, 1.165) is 48.0 Å². The van der Waals surface area contributed by atoms with Crippen molar-refractivity contribution in [3.8, 4) is 28.7 Å². The number of H-pyrrole nitrogens is 1. The van der Waals surface area contributed by atoms with E-state index < -0.39 is 17.0 Å². The third-order valence-corrected chi connectivity index (χ3v) is 7.07. The SMILES string of the molecule is COc1cc(OC)c(F)c(Cc2c[nH]c3ncc(-c4cccc(C5(C#N)CCNCC5)c4)cc23)c1F. The van der Waals surface area contributed by atoms with Crippen molar-refractivity contribution in [3.05, 3.63) is 77.1 Å². The van der Waals surface area contributed by atoms with Gasteiger partial charge in [-0.25, -0.2) is 13.8 Å². The van der Waals surface area contributed by atoms with Gasteiger partial charge in [0.1, 0.15) is 5.65 Å². The molecular formula is C28H26F2N4O2. The molecule has 0 radical (unpaired) electrons. The molecule has 1 saturated heterocycles. The van der Waals surface area contributed by atoms with E-state index in [1.54, 1.807) is 12.4 Å². The Morgan fingerprint density at radius 1 is 1.03 bits per heavy atom. The number of pyridine rings is 1. The summed E-state index contributed by atoms with van der Waals surface area (Å²) in [6.07, 6.45) is 4.98. The molecule has 1 aliphatic heterocycles. The van der Waals surface area contributed by atoms with Gasteiger partial charge >= 0.3 is 0 Å². The average molecular weight is 489 g/mol. The fourth-order valence-corrected chi connectivity index (χ4v) is 4.96. The summed E-state index contributed by atoms with van der Waals surface area (Å²) in [7, 11) is 2.66. The molecule has 0 amide bonds. The second-order valence-electron chi connectivity index (χ2n) is 9.02. The molecule has 4 aromatic rings. The number of benzene rings is 2. The lowest BCUT2D eigenvalue weighted by Gasteiger charge is -2.32. The van der Waals surface area contributed by atoms with Crippen LogP contribution in [0.2, 0.25) is 0 Å². The first-order valence-electron chi connectivity index (χ1n) is 11.8. The summed E-state index contributed by atoms with van der Waals surface area (Å²) in [4.78, 5) is 7.64. The van der Waals surface area contributed by atoms with E-state index in [-0.39, 0.29) is 23.5 Å². The van der Waals surface area contributed by atoms with Crippen molar-refractivity contribution < 1.29 is 18.3 Å². The van der Waals surface area contributed by atoms with Gasteiger partial charge in [0.15, 0.2) is 23.1 Å². The number of fused-ring (bicyclic) bond motifs is 1. The molecule has 2 aromatic heterocycles. The van der Waals surface area contributed by atoms with E-state index in [9.17, 15) is 14.0 Å². The summed E-state index contributed by atoms with van der Waals surface area (Å²) in [6, 6.07) is 13.7. The predicted octanol–water partition coefficient (Wildman–Crippen LogP) is 5.26. The fraction of sp³-hybridized carbons (Fsp3) is 0.286. The topological polar surface area (TPSA) is 83.0 Å². The minimum Gasteiger partial charge on any atom is -0.494 e. The molecule has 0 bridgehead atoms. The number of ether oxygens (including phenoxy) is 2. The predicted molar refractivity (Wildman–Crippen MR) is 133 cm³/mol. The van der Waals surface area contributed by atoms with Gasteiger partial charge in [-0.05, 0) is 54.8 Å². The number of halogens is 2. The minimum absolute atomic E-state index is 0.0130. The van der Waals surface area contributed by atoms with Gasteiger partial charge in [-0.3, -0.25) is 0 Å². The molecule has 36 heavy (non-hydrogen) atoms. The lowest BCUT2D eigenvalue weighted by molar-refractivity contribution is 0.354. The number of aromatic nitrogens is 2. The van der Waals surface area contributed by atoms with Gasteiger partial charge < -0.3 is 19.8 Å². The first-order chi connectivity index (χ1) is 17.5. The number of nitrogens with zero attached hydrogens (tertiary/aromatic N) is 2. The largest absolute Gasteiger partial charge is 0.494 e. The van der Waals surface area contributed by atoms with Gasteiger partial charge in [0, 0.05) is 41.4 Å². The van der Waals surface area contributed by atoms with Gasteiger partial charge in [0.2, 0.25) is 0 Å². The quantitative estimate of drug-likeness (QED) is 0.387. The normalized spacial score (nSPS) is 15.0. The number of rotatable bonds is 6. The molecule has 0 atom stereocenters. The van der Waals surface area contributed by atoms with E-state index >= 15 is 0 Å². The van der Waals surface area contributed by atoms with Crippen LogP contribution in [0.15, 0.2) is 48.8 Å². The van der Waals surface area contributed by atoms with Crippen LogP contribution in [0.4, 0.5) is 8.78 Å². The number of nitrogens with one attached hydrogen (secondary N) is 2. The zero-order valence-corrected chi connectivity index (χ0v) is 20.1. The number of hydrogen-bond donors (Lipinski definition) is 2. The van der Waals surface area contributed by atoms with Gasteiger partial charge in [-0.1, -0.05) is 18.2 Å². The van der Waals surface area contributed by atoms with Crippen molar-refractivity contribution in [3.63, 3.8) is 0 Å². The van der Waals surface area contributed by atoms with Crippen LogP contribution in [-0.4, -0.2) is 37.3 Å². The number of methoxy groups -OCH3 is 2. The number of aromatic amines is 1. The van der Waals surface area contributed by atoms with Crippen molar-refractivity contribution >= 4 is 11.0 Å². The molecular weight excluding hydrogens is 462 g/mol. The van der Waals surface area contributed by atoms with E-state index in [1.165, 1.54) is 20.3 Å². The van der Waals surface area contributed by atoms with Crippen molar-refractivity contribution in [1.29, 1.82) is 5.26 Å². The first-order valence-corrected chi connectivity index (χ1v) is 11.8. The number of nitriles is 1.